The monoisotopic (exact) mass is 319 g/mol. The Morgan fingerprint density at radius 2 is 1.50 bits per heavy atom. The molecule has 92 valence electrons. The van der Waals surface area contributed by atoms with Gasteiger partial charge in [0.1, 0.15) is 0 Å². The summed E-state index contributed by atoms with van der Waals surface area (Å²) in [5.41, 5.74) is 2.63. The lowest BCUT2D eigenvalue weighted by atomic mass is 10.2. The quantitative estimate of drug-likeness (QED) is 0.711. The fourth-order valence-electron chi connectivity index (χ4n) is 2.23. The summed E-state index contributed by atoms with van der Waals surface area (Å²) in [4.78, 5) is 5.54. The van der Waals surface area contributed by atoms with E-state index in [-0.39, 0.29) is 0 Å². The number of alkyl halides is 1. The van der Waals surface area contributed by atoms with Crippen LogP contribution < -0.4 is 4.90 Å². The van der Waals surface area contributed by atoms with Gasteiger partial charge in [0.25, 0.3) is 0 Å². The van der Waals surface area contributed by atoms with Crippen LogP contribution in [0.25, 0.3) is 0 Å². The molecule has 3 heteroatoms. The molecule has 0 aliphatic carbocycles. The molecule has 1 heterocycles. The van der Waals surface area contributed by atoms with Crippen molar-refractivity contribution in [1.82, 2.24) is 0 Å². The third-order valence-electron chi connectivity index (χ3n) is 2.97. The number of para-hydroxylation sites is 2. The zero-order chi connectivity index (χ0) is 12.5. The molecule has 2 aromatic rings. The molecule has 0 aromatic heterocycles. The lowest BCUT2D eigenvalue weighted by Crippen LogP contribution is -2.26. The number of halogens is 1. The van der Waals surface area contributed by atoms with Crippen LogP contribution >= 0.6 is 27.7 Å². The van der Waals surface area contributed by atoms with E-state index in [0.29, 0.717) is 4.83 Å². The smallest absolute Gasteiger partial charge is 0.0553 e. The highest BCUT2D eigenvalue weighted by Gasteiger charge is 2.23. The fraction of sp³-hybridized carbons (Fsp3) is 0.200. The van der Waals surface area contributed by atoms with E-state index in [1.54, 1.807) is 0 Å². The van der Waals surface area contributed by atoms with Crippen LogP contribution in [0.2, 0.25) is 0 Å². The Labute approximate surface area is 120 Å². The number of hydrogen-bond donors (Lipinski definition) is 0. The minimum Gasteiger partial charge on any atom is -0.339 e. The number of anilines is 2. The molecule has 1 atom stereocenters. The number of nitrogens with zero attached hydrogens (tertiary/aromatic N) is 1. The Morgan fingerprint density at radius 3 is 2.00 bits per heavy atom. The highest BCUT2D eigenvalue weighted by molar-refractivity contribution is 9.09. The molecule has 0 fully saturated rings. The van der Waals surface area contributed by atoms with E-state index >= 15 is 0 Å². The highest BCUT2D eigenvalue weighted by Crippen LogP contribution is 2.47. The average molecular weight is 320 g/mol. The van der Waals surface area contributed by atoms with Crippen molar-refractivity contribution in [2.45, 2.75) is 21.5 Å². The summed E-state index contributed by atoms with van der Waals surface area (Å²) in [5, 5.41) is 0. The SMILES string of the molecule is CC(Br)CN1c2ccccc2Sc2ccccc21. The molecule has 0 saturated heterocycles. The van der Waals surface area contributed by atoms with Crippen LogP contribution in [0.15, 0.2) is 58.3 Å². The minimum atomic E-state index is 0.460. The first-order valence-corrected chi connectivity index (χ1v) is 7.76. The minimum absolute atomic E-state index is 0.460. The summed E-state index contributed by atoms with van der Waals surface area (Å²) < 4.78 is 0. The maximum atomic E-state index is 3.67. The molecule has 0 bridgehead atoms. The molecule has 0 spiro atoms. The summed E-state index contributed by atoms with van der Waals surface area (Å²) >= 11 is 5.52. The van der Waals surface area contributed by atoms with Crippen molar-refractivity contribution in [3.8, 4) is 0 Å². The van der Waals surface area contributed by atoms with E-state index in [9.17, 15) is 0 Å². The molecule has 1 nitrogen and oxygen atoms in total. The zero-order valence-electron chi connectivity index (χ0n) is 10.1. The Kier molecular flexibility index (Phi) is 3.35. The third-order valence-corrected chi connectivity index (χ3v) is 4.39. The van der Waals surface area contributed by atoms with E-state index in [2.05, 4.69) is 76.3 Å². The Balaban J connectivity index is 2.11. The lowest BCUT2D eigenvalue weighted by Gasteiger charge is -2.33. The average Bonchev–Trinajstić information content (AvgIpc) is 2.38. The number of rotatable bonds is 2. The van der Waals surface area contributed by atoms with Gasteiger partial charge in [0.05, 0.1) is 11.4 Å². The van der Waals surface area contributed by atoms with Gasteiger partial charge in [-0.15, -0.1) is 0 Å². The first-order chi connectivity index (χ1) is 8.75. The molecule has 2 aromatic carbocycles. The number of benzene rings is 2. The van der Waals surface area contributed by atoms with Crippen LogP contribution in [0, 0.1) is 0 Å². The molecule has 0 N–H and O–H groups in total. The second-order valence-corrected chi connectivity index (χ2v) is 7.08. The molecular weight excluding hydrogens is 306 g/mol. The van der Waals surface area contributed by atoms with Gasteiger partial charge < -0.3 is 4.90 Å². The molecule has 18 heavy (non-hydrogen) atoms. The molecule has 3 rings (SSSR count). The highest BCUT2D eigenvalue weighted by atomic mass is 79.9. The summed E-state index contributed by atoms with van der Waals surface area (Å²) in [6.07, 6.45) is 0. The van der Waals surface area contributed by atoms with Crippen molar-refractivity contribution in [3.63, 3.8) is 0 Å². The van der Waals surface area contributed by atoms with Gasteiger partial charge in [0.2, 0.25) is 0 Å². The van der Waals surface area contributed by atoms with E-state index < -0.39 is 0 Å². The lowest BCUT2D eigenvalue weighted by molar-refractivity contribution is 0.891. The van der Waals surface area contributed by atoms with Crippen molar-refractivity contribution in [1.29, 1.82) is 0 Å². The fourth-order valence-corrected chi connectivity index (χ4v) is 3.61. The van der Waals surface area contributed by atoms with Gasteiger partial charge in [-0.2, -0.15) is 0 Å². The van der Waals surface area contributed by atoms with Crippen LogP contribution in [-0.2, 0) is 0 Å². The second kappa shape index (κ2) is 4.98. The molecule has 0 radical (unpaired) electrons. The maximum Gasteiger partial charge on any atom is 0.0553 e. The predicted octanol–water partition coefficient (Wildman–Crippen LogP) is 5.07. The molecular formula is C15H14BrNS. The Bertz CT molecular complexity index is 522. The van der Waals surface area contributed by atoms with E-state index in [1.807, 2.05) is 11.8 Å². The Hall–Kier alpha value is -0.930. The van der Waals surface area contributed by atoms with Gasteiger partial charge in [0, 0.05) is 21.2 Å². The van der Waals surface area contributed by atoms with Crippen LogP contribution in [0.1, 0.15) is 6.92 Å². The maximum absolute atomic E-state index is 3.67. The standard InChI is InChI=1S/C15H14BrNS/c1-11(16)10-17-12-6-2-4-8-14(12)18-15-9-5-3-7-13(15)17/h2-9,11H,10H2,1H3. The van der Waals surface area contributed by atoms with Crippen LogP contribution in [0.3, 0.4) is 0 Å². The first-order valence-electron chi connectivity index (χ1n) is 6.03. The topological polar surface area (TPSA) is 3.24 Å². The van der Waals surface area contributed by atoms with Crippen molar-refractivity contribution in [2.24, 2.45) is 0 Å². The van der Waals surface area contributed by atoms with Gasteiger partial charge in [0.15, 0.2) is 0 Å². The number of hydrogen-bond acceptors (Lipinski definition) is 2. The van der Waals surface area contributed by atoms with Gasteiger partial charge >= 0.3 is 0 Å². The van der Waals surface area contributed by atoms with Crippen molar-refractivity contribution < 1.29 is 0 Å². The van der Waals surface area contributed by atoms with E-state index in [0.717, 1.165) is 6.54 Å². The van der Waals surface area contributed by atoms with Crippen molar-refractivity contribution >= 4 is 39.1 Å². The summed E-state index contributed by atoms with van der Waals surface area (Å²) in [7, 11) is 0. The van der Waals surface area contributed by atoms with Crippen LogP contribution in [0.4, 0.5) is 11.4 Å². The molecule has 1 aliphatic rings. The summed E-state index contributed by atoms with van der Waals surface area (Å²) in [6.45, 7) is 3.17. The van der Waals surface area contributed by atoms with Crippen LogP contribution in [0.5, 0.6) is 0 Å². The molecule has 1 aliphatic heterocycles. The zero-order valence-corrected chi connectivity index (χ0v) is 12.5. The van der Waals surface area contributed by atoms with E-state index in [4.69, 9.17) is 0 Å². The van der Waals surface area contributed by atoms with Gasteiger partial charge in [-0.1, -0.05) is 58.9 Å². The van der Waals surface area contributed by atoms with E-state index in [1.165, 1.54) is 21.2 Å². The third kappa shape index (κ3) is 2.17. The van der Waals surface area contributed by atoms with Gasteiger partial charge in [-0.05, 0) is 24.3 Å². The normalized spacial score (nSPS) is 14.9. The van der Waals surface area contributed by atoms with Crippen LogP contribution in [-0.4, -0.2) is 11.4 Å². The predicted molar refractivity (Wildman–Crippen MR) is 82.4 cm³/mol. The van der Waals surface area contributed by atoms with Crippen molar-refractivity contribution in [3.05, 3.63) is 48.5 Å². The Morgan fingerprint density at radius 1 is 1.00 bits per heavy atom. The molecule has 0 amide bonds. The molecule has 0 saturated carbocycles. The van der Waals surface area contributed by atoms with Gasteiger partial charge in [-0.25, -0.2) is 0 Å². The molecule has 1 unspecified atom stereocenters. The summed E-state index contributed by atoms with van der Waals surface area (Å²) in [5.74, 6) is 0. The van der Waals surface area contributed by atoms with Gasteiger partial charge in [-0.3, -0.25) is 0 Å². The van der Waals surface area contributed by atoms with Crippen molar-refractivity contribution in [2.75, 3.05) is 11.4 Å². The number of fused-ring (bicyclic) bond motifs is 2. The summed E-state index contributed by atoms with van der Waals surface area (Å²) in [6, 6.07) is 17.2. The second-order valence-electron chi connectivity index (χ2n) is 4.43. The largest absolute Gasteiger partial charge is 0.339 e. The first kappa shape index (κ1) is 12.1.